The van der Waals surface area contributed by atoms with E-state index in [1.54, 1.807) is 24.7 Å². The van der Waals surface area contributed by atoms with Crippen molar-refractivity contribution in [1.29, 1.82) is 0 Å². The van der Waals surface area contributed by atoms with Crippen molar-refractivity contribution in [2.45, 2.75) is 39.0 Å². The number of carbonyl (C=O) groups excluding carboxylic acids is 1. The number of pyridine rings is 1. The lowest BCUT2D eigenvalue weighted by Gasteiger charge is -2.41. The summed E-state index contributed by atoms with van der Waals surface area (Å²) in [4.78, 5) is 35.0. The second-order valence-electron chi connectivity index (χ2n) is 9.98. The molecule has 14 heteroatoms. The Balaban J connectivity index is 1.24. The average molecular weight is 565 g/mol. The van der Waals surface area contributed by atoms with E-state index in [4.69, 9.17) is 4.98 Å². The number of aryl methyl sites for hydroxylation is 3. The number of amides is 1. The molecule has 11 nitrogen and oxygen atoms in total. The zero-order chi connectivity index (χ0) is 28.7. The summed E-state index contributed by atoms with van der Waals surface area (Å²) >= 11 is 0. The highest BCUT2D eigenvalue weighted by molar-refractivity contribution is 5.77. The van der Waals surface area contributed by atoms with E-state index in [0.717, 1.165) is 29.3 Å². The number of hydrogen-bond donors (Lipinski definition) is 1. The molecule has 1 fully saturated rings. The van der Waals surface area contributed by atoms with Gasteiger partial charge in [-0.1, -0.05) is 0 Å². The van der Waals surface area contributed by atoms with Crippen molar-refractivity contribution in [3.63, 3.8) is 0 Å². The Morgan fingerprint density at radius 1 is 1.07 bits per heavy atom. The summed E-state index contributed by atoms with van der Waals surface area (Å²) in [5.41, 5.74) is 1.69. The van der Waals surface area contributed by atoms with Gasteiger partial charge in [0.25, 0.3) is 0 Å². The molecule has 6 rings (SSSR count). The number of rotatable bonds is 6. The van der Waals surface area contributed by atoms with Crippen LogP contribution in [0.4, 0.5) is 19.0 Å². The van der Waals surface area contributed by atoms with E-state index < -0.39 is 11.7 Å². The van der Waals surface area contributed by atoms with Crippen molar-refractivity contribution in [1.82, 2.24) is 44.0 Å². The minimum atomic E-state index is -4.49. The fraction of sp³-hybridized carbons (Fsp3) is 0.333. The predicted molar refractivity (Wildman–Crippen MR) is 143 cm³/mol. The minimum absolute atomic E-state index is 0.0242. The first kappa shape index (κ1) is 26.5. The molecule has 1 amide bonds. The maximum atomic E-state index is 13.4. The first-order valence-electron chi connectivity index (χ1n) is 13.1. The predicted octanol–water partition coefficient (Wildman–Crippen LogP) is 3.83. The molecule has 0 saturated carbocycles. The Morgan fingerprint density at radius 3 is 2.66 bits per heavy atom. The fourth-order valence-electron chi connectivity index (χ4n) is 5.23. The highest BCUT2D eigenvalue weighted by Gasteiger charge is 2.33. The maximum Gasteiger partial charge on any atom is 0.417 e. The molecule has 1 N–H and O–H groups in total. The topological polar surface area (TPSA) is 113 Å². The molecule has 5 aromatic rings. The first-order valence-corrected chi connectivity index (χ1v) is 13.1. The number of fused-ring (bicyclic) bond motifs is 1. The van der Waals surface area contributed by atoms with Crippen molar-refractivity contribution in [2.75, 3.05) is 24.5 Å². The van der Waals surface area contributed by atoms with Gasteiger partial charge in [0.15, 0.2) is 5.82 Å². The van der Waals surface area contributed by atoms with Crippen molar-refractivity contribution in [3.8, 4) is 11.5 Å². The van der Waals surface area contributed by atoms with Crippen LogP contribution >= 0.6 is 0 Å². The Kier molecular flexibility index (Phi) is 6.67. The molecule has 1 aliphatic rings. The number of H-pyrrole nitrogens is 1. The zero-order valence-corrected chi connectivity index (χ0v) is 22.4. The third-order valence-electron chi connectivity index (χ3n) is 7.29. The SMILES string of the molecule is Cc1cn(CCC(=O)N2CCN(c3ccnc(-c4cnc5ccc(C(F)(F)F)cn45)n3)CC2c2cn[nH]c2)c(C)n1. The molecule has 0 aromatic carbocycles. The van der Waals surface area contributed by atoms with Gasteiger partial charge in [0.05, 0.1) is 29.7 Å². The third kappa shape index (κ3) is 5.24. The third-order valence-corrected chi connectivity index (χ3v) is 7.29. The molecule has 0 bridgehead atoms. The number of piperazine rings is 1. The van der Waals surface area contributed by atoms with E-state index in [-0.39, 0.29) is 17.8 Å². The number of halogens is 3. The lowest BCUT2D eigenvalue weighted by molar-refractivity contribution is -0.138. The number of alkyl halides is 3. The van der Waals surface area contributed by atoms with Gasteiger partial charge in [0.1, 0.15) is 23.0 Å². The Labute approximate surface area is 232 Å². The molecule has 0 spiro atoms. The lowest BCUT2D eigenvalue weighted by atomic mass is 10.1. The number of aromatic nitrogens is 8. The number of nitrogens with one attached hydrogen (secondary N) is 1. The monoisotopic (exact) mass is 564 g/mol. The minimum Gasteiger partial charge on any atom is -0.352 e. The highest BCUT2D eigenvalue weighted by Crippen LogP contribution is 2.32. The van der Waals surface area contributed by atoms with Crippen LogP contribution in [0.25, 0.3) is 17.2 Å². The van der Waals surface area contributed by atoms with Crippen molar-refractivity contribution < 1.29 is 18.0 Å². The molecule has 0 aliphatic carbocycles. The van der Waals surface area contributed by atoms with E-state index in [1.165, 1.54) is 16.7 Å². The van der Waals surface area contributed by atoms with E-state index in [1.807, 2.05) is 34.4 Å². The Hall–Kier alpha value is -4.75. The summed E-state index contributed by atoms with van der Waals surface area (Å²) in [7, 11) is 0. The number of carbonyl (C=O) groups is 1. The van der Waals surface area contributed by atoms with Crippen molar-refractivity contribution in [3.05, 3.63) is 78.0 Å². The average Bonchev–Trinajstić information content (AvgIpc) is 3.71. The van der Waals surface area contributed by atoms with Crippen molar-refractivity contribution in [2.24, 2.45) is 0 Å². The maximum absolute atomic E-state index is 13.4. The number of imidazole rings is 2. The van der Waals surface area contributed by atoms with Gasteiger partial charge in [0.2, 0.25) is 5.91 Å². The summed E-state index contributed by atoms with van der Waals surface area (Å²) in [5, 5.41) is 6.92. The number of hydrogen-bond acceptors (Lipinski definition) is 7. The van der Waals surface area contributed by atoms with Crippen LogP contribution in [0.5, 0.6) is 0 Å². The summed E-state index contributed by atoms with van der Waals surface area (Å²) in [6, 6.07) is 3.79. The van der Waals surface area contributed by atoms with Crippen LogP contribution in [-0.2, 0) is 17.5 Å². The van der Waals surface area contributed by atoms with Gasteiger partial charge in [-0.3, -0.25) is 14.3 Å². The normalized spacial score (nSPS) is 16.1. The second kappa shape index (κ2) is 10.3. The zero-order valence-electron chi connectivity index (χ0n) is 22.4. The van der Waals surface area contributed by atoms with Gasteiger partial charge in [-0.25, -0.2) is 19.9 Å². The van der Waals surface area contributed by atoms with Gasteiger partial charge in [0, 0.05) is 63.0 Å². The van der Waals surface area contributed by atoms with E-state index in [9.17, 15) is 18.0 Å². The highest BCUT2D eigenvalue weighted by atomic mass is 19.4. The number of anilines is 1. The molecule has 5 aromatic heterocycles. The number of aromatic amines is 1. The molecule has 1 saturated heterocycles. The molecule has 1 atom stereocenters. The molecular formula is C27H27F3N10O. The van der Waals surface area contributed by atoms with Crippen LogP contribution in [0, 0.1) is 13.8 Å². The van der Waals surface area contributed by atoms with Crippen LogP contribution in [0.15, 0.2) is 55.4 Å². The second-order valence-corrected chi connectivity index (χ2v) is 9.98. The summed E-state index contributed by atoms with van der Waals surface area (Å²) in [5.74, 6) is 1.74. The standard InChI is InChI=1S/C27H27F3N10O/c1-17-14-37(18(2)35-17)8-6-25(41)39-10-9-38(16-22(39)19-11-33-34-12-19)24-5-7-31-26(36-24)21-13-32-23-4-3-20(15-40(21)23)27(28,29)30/h3-5,7,11-15,22H,6,8-10,16H2,1-2H3,(H,33,34). The van der Waals surface area contributed by atoms with Crippen LogP contribution in [0.3, 0.4) is 0 Å². The molecule has 1 aliphatic heterocycles. The van der Waals surface area contributed by atoms with Crippen LogP contribution in [0.2, 0.25) is 0 Å². The van der Waals surface area contributed by atoms with Crippen LogP contribution in [0.1, 0.15) is 35.1 Å². The first-order chi connectivity index (χ1) is 19.7. The number of nitrogens with zero attached hydrogens (tertiary/aromatic N) is 9. The van der Waals surface area contributed by atoms with Gasteiger partial charge in [-0.2, -0.15) is 18.3 Å². The van der Waals surface area contributed by atoms with E-state index >= 15 is 0 Å². The molecule has 6 heterocycles. The molecule has 41 heavy (non-hydrogen) atoms. The van der Waals surface area contributed by atoms with Gasteiger partial charge >= 0.3 is 6.18 Å². The smallest absolute Gasteiger partial charge is 0.352 e. The van der Waals surface area contributed by atoms with Crippen LogP contribution in [-0.4, -0.2) is 69.5 Å². The molecule has 0 radical (unpaired) electrons. The van der Waals surface area contributed by atoms with Crippen LogP contribution < -0.4 is 4.90 Å². The van der Waals surface area contributed by atoms with Gasteiger partial charge in [-0.15, -0.1) is 0 Å². The quantitative estimate of drug-likeness (QED) is 0.334. The lowest BCUT2D eigenvalue weighted by Crippen LogP contribution is -2.51. The Morgan fingerprint density at radius 2 is 1.93 bits per heavy atom. The van der Waals surface area contributed by atoms with Gasteiger partial charge < -0.3 is 14.4 Å². The van der Waals surface area contributed by atoms with E-state index in [2.05, 4.69) is 25.1 Å². The fourth-order valence-corrected chi connectivity index (χ4v) is 5.23. The Bertz CT molecular complexity index is 1690. The summed E-state index contributed by atoms with van der Waals surface area (Å²) in [6.07, 6.45) is 5.30. The molecule has 1 unspecified atom stereocenters. The summed E-state index contributed by atoms with van der Waals surface area (Å²) < 4.78 is 43.4. The molecular weight excluding hydrogens is 537 g/mol. The van der Waals surface area contributed by atoms with Gasteiger partial charge in [-0.05, 0) is 32.0 Å². The van der Waals surface area contributed by atoms with Crippen molar-refractivity contribution >= 4 is 17.4 Å². The molecule has 212 valence electrons. The summed E-state index contributed by atoms with van der Waals surface area (Å²) in [6.45, 7) is 5.81. The van der Waals surface area contributed by atoms with E-state index in [0.29, 0.717) is 49.8 Å². The largest absolute Gasteiger partial charge is 0.417 e.